The number of nitro groups is 1. The van der Waals surface area contributed by atoms with Crippen LogP contribution >= 0.6 is 0 Å². The summed E-state index contributed by atoms with van der Waals surface area (Å²) < 4.78 is 0. The summed E-state index contributed by atoms with van der Waals surface area (Å²) in [4.78, 5) is 38.1. The van der Waals surface area contributed by atoms with Gasteiger partial charge in [0, 0.05) is 17.8 Å². The van der Waals surface area contributed by atoms with Gasteiger partial charge in [-0.1, -0.05) is 54.6 Å². The van der Waals surface area contributed by atoms with Crippen LogP contribution < -0.4 is 10.9 Å². The number of hydrogen-bond donors (Lipinski definition) is 2. The molecule has 0 saturated carbocycles. The number of carbonyl (C=O) groups excluding carboxylic acids is 1. The van der Waals surface area contributed by atoms with Crippen molar-refractivity contribution in [2.45, 2.75) is 0 Å². The molecule has 0 fully saturated rings. The molecule has 1 heterocycles. The fourth-order valence-corrected chi connectivity index (χ4v) is 3.33. The zero-order chi connectivity index (χ0) is 23.4. The second-order valence-corrected chi connectivity index (χ2v) is 7.11. The van der Waals surface area contributed by atoms with Gasteiger partial charge in [-0.15, -0.1) is 0 Å². The Hall–Kier alpha value is -5.03. The Morgan fingerprint density at radius 3 is 2.21 bits per heavy atom. The quantitative estimate of drug-likeness (QED) is 0.345. The summed E-state index contributed by atoms with van der Waals surface area (Å²) in [7, 11) is 0. The lowest BCUT2D eigenvalue weighted by Crippen LogP contribution is -2.23. The van der Waals surface area contributed by atoms with Gasteiger partial charge in [-0.25, -0.2) is 0 Å². The topological polar surface area (TPSA) is 129 Å². The van der Waals surface area contributed by atoms with Gasteiger partial charge in [-0.2, -0.15) is 5.26 Å². The molecule has 2 N–H and O–H groups in total. The van der Waals surface area contributed by atoms with Gasteiger partial charge in [0.05, 0.1) is 16.2 Å². The first kappa shape index (κ1) is 21.2. The molecule has 0 aliphatic rings. The molecule has 4 aromatic rings. The second-order valence-electron chi connectivity index (χ2n) is 7.11. The van der Waals surface area contributed by atoms with E-state index in [4.69, 9.17) is 0 Å². The first-order valence-electron chi connectivity index (χ1n) is 9.85. The molecule has 1 amide bonds. The summed E-state index contributed by atoms with van der Waals surface area (Å²) in [5.74, 6) is -0.729. The molecular formula is C25H16N4O4. The molecule has 8 heteroatoms. The summed E-state index contributed by atoms with van der Waals surface area (Å²) >= 11 is 0. The van der Waals surface area contributed by atoms with Crippen LogP contribution in [0.25, 0.3) is 22.4 Å². The van der Waals surface area contributed by atoms with Crippen molar-refractivity contribution in [3.63, 3.8) is 0 Å². The summed E-state index contributed by atoms with van der Waals surface area (Å²) in [5.41, 5.74) is 2.41. The van der Waals surface area contributed by atoms with Gasteiger partial charge < -0.3 is 10.3 Å². The standard InChI is InChI=1S/C25H16N4O4/c26-15-19-14-20(29(32)33)10-12-23(19)28-25(31)21-11-13-22(27-24(21)30)18-8-6-17(7-9-18)16-4-2-1-3-5-16/h1-14H,(H,27,30)(H,28,31). The third-order valence-corrected chi connectivity index (χ3v) is 5.04. The van der Waals surface area contributed by atoms with Crippen molar-refractivity contribution >= 4 is 17.3 Å². The molecular weight excluding hydrogens is 420 g/mol. The van der Waals surface area contributed by atoms with Crippen molar-refractivity contribution in [3.05, 3.63) is 117 Å². The van der Waals surface area contributed by atoms with Gasteiger partial charge in [-0.05, 0) is 34.9 Å². The molecule has 0 spiro atoms. The van der Waals surface area contributed by atoms with Gasteiger partial charge in [0.25, 0.3) is 17.2 Å². The summed E-state index contributed by atoms with van der Waals surface area (Å²) in [6.45, 7) is 0. The fourth-order valence-electron chi connectivity index (χ4n) is 3.33. The minimum absolute atomic E-state index is 0.0769. The molecule has 0 aliphatic heterocycles. The number of amides is 1. The zero-order valence-corrected chi connectivity index (χ0v) is 17.1. The molecule has 8 nitrogen and oxygen atoms in total. The van der Waals surface area contributed by atoms with Crippen LogP contribution in [-0.4, -0.2) is 15.8 Å². The number of nitro benzene ring substituents is 1. The molecule has 3 aromatic carbocycles. The van der Waals surface area contributed by atoms with E-state index in [1.807, 2.05) is 54.6 Å². The van der Waals surface area contributed by atoms with E-state index in [9.17, 15) is 25.0 Å². The Morgan fingerprint density at radius 2 is 1.58 bits per heavy atom. The number of pyridine rings is 1. The zero-order valence-electron chi connectivity index (χ0n) is 17.1. The van der Waals surface area contributed by atoms with Crippen molar-refractivity contribution in [2.24, 2.45) is 0 Å². The van der Waals surface area contributed by atoms with Crippen molar-refractivity contribution < 1.29 is 9.72 Å². The molecule has 33 heavy (non-hydrogen) atoms. The Balaban J connectivity index is 1.56. The number of carbonyl (C=O) groups is 1. The number of H-pyrrole nitrogens is 1. The van der Waals surface area contributed by atoms with E-state index in [-0.39, 0.29) is 22.5 Å². The lowest BCUT2D eigenvalue weighted by molar-refractivity contribution is -0.384. The summed E-state index contributed by atoms with van der Waals surface area (Å²) in [6.07, 6.45) is 0. The average Bonchev–Trinajstić information content (AvgIpc) is 2.84. The van der Waals surface area contributed by atoms with Crippen LogP contribution in [0.3, 0.4) is 0 Å². The predicted molar refractivity (Wildman–Crippen MR) is 124 cm³/mol. The van der Waals surface area contributed by atoms with Crippen molar-refractivity contribution in [2.75, 3.05) is 5.32 Å². The highest BCUT2D eigenvalue weighted by atomic mass is 16.6. The molecule has 160 valence electrons. The van der Waals surface area contributed by atoms with E-state index >= 15 is 0 Å². The van der Waals surface area contributed by atoms with E-state index in [1.165, 1.54) is 18.2 Å². The smallest absolute Gasteiger partial charge is 0.270 e. The number of non-ortho nitro benzene ring substituents is 1. The Kier molecular flexibility index (Phi) is 5.78. The van der Waals surface area contributed by atoms with Crippen LogP contribution in [0.15, 0.2) is 89.7 Å². The van der Waals surface area contributed by atoms with Crippen molar-refractivity contribution in [3.8, 4) is 28.5 Å². The van der Waals surface area contributed by atoms with Crippen LogP contribution in [-0.2, 0) is 0 Å². The number of nitrogens with one attached hydrogen (secondary N) is 2. The van der Waals surface area contributed by atoms with Crippen molar-refractivity contribution in [1.29, 1.82) is 5.26 Å². The maximum atomic E-state index is 12.6. The minimum Gasteiger partial charge on any atom is -0.321 e. The van der Waals surface area contributed by atoms with Gasteiger partial charge in [-0.3, -0.25) is 19.7 Å². The van der Waals surface area contributed by atoms with E-state index in [0.717, 1.165) is 22.8 Å². The number of anilines is 1. The molecule has 0 saturated heterocycles. The number of nitriles is 1. The fraction of sp³-hybridized carbons (Fsp3) is 0. The van der Waals surface area contributed by atoms with Gasteiger partial charge in [0.2, 0.25) is 0 Å². The third-order valence-electron chi connectivity index (χ3n) is 5.04. The summed E-state index contributed by atoms with van der Waals surface area (Å²) in [6, 6.07) is 25.8. The molecule has 4 rings (SSSR count). The third kappa shape index (κ3) is 4.52. The maximum absolute atomic E-state index is 12.6. The SMILES string of the molecule is N#Cc1cc([N+](=O)[O-])ccc1NC(=O)c1ccc(-c2ccc(-c3ccccc3)cc2)[nH]c1=O. The maximum Gasteiger partial charge on any atom is 0.270 e. The van der Waals surface area contributed by atoms with Crippen LogP contribution in [0.1, 0.15) is 15.9 Å². The highest BCUT2D eigenvalue weighted by molar-refractivity contribution is 6.04. The highest BCUT2D eigenvalue weighted by Crippen LogP contribution is 2.24. The Bertz CT molecular complexity index is 1450. The molecule has 0 aliphatic carbocycles. The minimum atomic E-state index is -0.729. The molecule has 0 atom stereocenters. The number of hydrogen-bond acceptors (Lipinski definition) is 5. The average molecular weight is 436 g/mol. The largest absolute Gasteiger partial charge is 0.321 e. The molecule has 0 unspecified atom stereocenters. The highest BCUT2D eigenvalue weighted by Gasteiger charge is 2.16. The van der Waals surface area contributed by atoms with Crippen molar-refractivity contribution in [1.82, 2.24) is 4.98 Å². The molecule has 0 bridgehead atoms. The van der Waals surface area contributed by atoms with Gasteiger partial charge in [0.1, 0.15) is 11.6 Å². The number of rotatable bonds is 5. The normalized spacial score (nSPS) is 10.3. The van der Waals surface area contributed by atoms with Gasteiger partial charge >= 0.3 is 0 Å². The first-order valence-corrected chi connectivity index (χ1v) is 9.85. The summed E-state index contributed by atoms with van der Waals surface area (Å²) in [5, 5.41) is 22.6. The second kappa shape index (κ2) is 8.99. The Labute approximate surface area is 187 Å². The predicted octanol–water partition coefficient (Wildman–Crippen LogP) is 4.74. The number of aromatic amines is 1. The van der Waals surface area contributed by atoms with E-state index in [0.29, 0.717) is 5.69 Å². The monoisotopic (exact) mass is 436 g/mol. The van der Waals surface area contributed by atoms with Crippen LogP contribution in [0, 0.1) is 21.4 Å². The molecule has 0 radical (unpaired) electrons. The number of benzene rings is 3. The number of nitrogens with zero attached hydrogens (tertiary/aromatic N) is 2. The lowest BCUT2D eigenvalue weighted by atomic mass is 10.0. The van der Waals surface area contributed by atoms with Crippen LogP contribution in [0.2, 0.25) is 0 Å². The lowest BCUT2D eigenvalue weighted by Gasteiger charge is -2.08. The first-order chi connectivity index (χ1) is 16.0. The molecule has 1 aromatic heterocycles. The number of aromatic nitrogens is 1. The van der Waals surface area contributed by atoms with E-state index in [1.54, 1.807) is 12.1 Å². The van der Waals surface area contributed by atoms with Gasteiger partial charge in [0.15, 0.2) is 0 Å². The van der Waals surface area contributed by atoms with Crippen LogP contribution in [0.4, 0.5) is 11.4 Å². The van der Waals surface area contributed by atoms with E-state index < -0.39 is 16.4 Å². The van der Waals surface area contributed by atoms with E-state index in [2.05, 4.69) is 10.3 Å². The Morgan fingerprint density at radius 1 is 0.909 bits per heavy atom. The van der Waals surface area contributed by atoms with Crippen LogP contribution in [0.5, 0.6) is 0 Å².